The lowest BCUT2D eigenvalue weighted by Crippen LogP contribution is -2.35. The molecule has 1 aliphatic rings. The monoisotopic (exact) mass is 295 g/mol. The zero-order valence-electron chi connectivity index (χ0n) is 11.9. The third-order valence-electron chi connectivity index (χ3n) is 3.86. The van der Waals surface area contributed by atoms with Gasteiger partial charge in [-0.3, -0.25) is 4.79 Å². The molecule has 0 spiro atoms. The number of esters is 1. The van der Waals surface area contributed by atoms with Crippen molar-refractivity contribution < 1.29 is 9.53 Å². The van der Waals surface area contributed by atoms with Crippen LogP contribution in [0.25, 0.3) is 0 Å². The van der Waals surface area contributed by atoms with Crippen molar-refractivity contribution >= 4 is 17.6 Å². The molecule has 3 nitrogen and oxygen atoms in total. The molecule has 4 heteroatoms. The quantitative estimate of drug-likeness (QED) is 0.844. The lowest BCUT2D eigenvalue weighted by molar-refractivity contribution is -0.149. The largest absolute Gasteiger partial charge is 0.466 e. The zero-order chi connectivity index (χ0) is 14.4. The van der Waals surface area contributed by atoms with E-state index >= 15 is 0 Å². The first-order valence-electron chi connectivity index (χ1n) is 7.33. The van der Waals surface area contributed by atoms with Crippen LogP contribution >= 0.6 is 11.6 Å². The van der Waals surface area contributed by atoms with Crippen LogP contribution in [0.5, 0.6) is 0 Å². The second-order valence-electron chi connectivity index (χ2n) is 5.31. The van der Waals surface area contributed by atoms with Gasteiger partial charge in [0.25, 0.3) is 0 Å². The van der Waals surface area contributed by atoms with Crippen molar-refractivity contribution in [3.63, 3.8) is 0 Å². The Labute approximate surface area is 125 Å². The Kier molecular flexibility index (Phi) is 5.86. The average Bonchev–Trinajstić information content (AvgIpc) is 2.47. The molecular weight excluding hydrogens is 274 g/mol. The van der Waals surface area contributed by atoms with Crippen molar-refractivity contribution in [3.05, 3.63) is 34.9 Å². The number of nitrogens with one attached hydrogen (secondary N) is 1. The predicted molar refractivity (Wildman–Crippen MR) is 80.7 cm³/mol. The van der Waals surface area contributed by atoms with Crippen molar-refractivity contribution in [2.75, 3.05) is 6.61 Å². The number of hydrogen-bond donors (Lipinski definition) is 1. The van der Waals surface area contributed by atoms with Gasteiger partial charge in [-0.1, -0.05) is 23.7 Å². The van der Waals surface area contributed by atoms with E-state index in [0.29, 0.717) is 12.6 Å². The van der Waals surface area contributed by atoms with E-state index in [1.807, 2.05) is 31.2 Å². The molecule has 0 aromatic heterocycles. The summed E-state index contributed by atoms with van der Waals surface area (Å²) in [5.74, 6) is 0.0761. The van der Waals surface area contributed by atoms with Crippen LogP contribution in [-0.4, -0.2) is 18.6 Å². The molecule has 1 aliphatic carbocycles. The van der Waals surface area contributed by atoms with Gasteiger partial charge < -0.3 is 10.1 Å². The fraction of sp³-hybridized carbons (Fsp3) is 0.562. The summed E-state index contributed by atoms with van der Waals surface area (Å²) in [6.07, 6.45) is 3.93. The van der Waals surface area contributed by atoms with Gasteiger partial charge in [-0.05, 0) is 50.3 Å². The Morgan fingerprint density at radius 2 is 1.90 bits per heavy atom. The highest BCUT2D eigenvalue weighted by atomic mass is 35.5. The van der Waals surface area contributed by atoms with Crippen LogP contribution in [0.2, 0.25) is 5.02 Å². The molecule has 1 saturated carbocycles. The molecule has 1 N–H and O–H groups in total. The predicted octanol–water partition coefficient (Wildman–Crippen LogP) is 3.55. The number of carbonyl (C=O) groups is 1. The van der Waals surface area contributed by atoms with Crippen LogP contribution in [0.1, 0.15) is 38.2 Å². The summed E-state index contributed by atoms with van der Waals surface area (Å²) < 4.78 is 5.09. The Hall–Kier alpha value is -1.06. The van der Waals surface area contributed by atoms with Crippen molar-refractivity contribution in [3.8, 4) is 0 Å². The van der Waals surface area contributed by atoms with Gasteiger partial charge in [0.1, 0.15) is 0 Å². The molecule has 0 aliphatic heterocycles. The van der Waals surface area contributed by atoms with E-state index in [0.717, 1.165) is 37.3 Å². The molecule has 0 radical (unpaired) electrons. The molecule has 1 fully saturated rings. The van der Waals surface area contributed by atoms with Crippen LogP contribution in [0.15, 0.2) is 24.3 Å². The van der Waals surface area contributed by atoms with Crippen molar-refractivity contribution in [1.82, 2.24) is 5.32 Å². The SMILES string of the molecule is CCOC(=O)C1CCC(NCc2ccc(Cl)cc2)CC1. The van der Waals surface area contributed by atoms with E-state index in [1.54, 1.807) is 0 Å². The molecule has 0 atom stereocenters. The van der Waals surface area contributed by atoms with E-state index in [1.165, 1.54) is 5.56 Å². The fourth-order valence-corrected chi connectivity index (χ4v) is 2.78. The van der Waals surface area contributed by atoms with Crippen LogP contribution < -0.4 is 5.32 Å². The summed E-state index contributed by atoms with van der Waals surface area (Å²) in [5, 5.41) is 4.32. The molecule has 0 amide bonds. The third kappa shape index (κ3) is 4.50. The number of rotatable bonds is 5. The molecular formula is C16H22ClNO2. The maximum absolute atomic E-state index is 11.7. The van der Waals surface area contributed by atoms with Gasteiger partial charge in [0.2, 0.25) is 0 Å². The van der Waals surface area contributed by atoms with E-state index in [2.05, 4.69) is 5.32 Å². The summed E-state index contributed by atoms with van der Waals surface area (Å²) in [6, 6.07) is 8.40. The Morgan fingerprint density at radius 1 is 1.25 bits per heavy atom. The number of benzene rings is 1. The van der Waals surface area contributed by atoms with Gasteiger partial charge in [-0.25, -0.2) is 0 Å². The topological polar surface area (TPSA) is 38.3 Å². The van der Waals surface area contributed by atoms with Gasteiger partial charge in [0, 0.05) is 17.6 Å². The average molecular weight is 296 g/mol. The van der Waals surface area contributed by atoms with Crippen molar-refractivity contribution in [1.29, 1.82) is 0 Å². The lowest BCUT2D eigenvalue weighted by Gasteiger charge is -2.28. The summed E-state index contributed by atoms with van der Waals surface area (Å²) in [6.45, 7) is 3.19. The second-order valence-corrected chi connectivity index (χ2v) is 5.74. The Bertz CT molecular complexity index is 425. The van der Waals surface area contributed by atoms with Gasteiger partial charge in [-0.15, -0.1) is 0 Å². The molecule has 2 rings (SSSR count). The molecule has 1 aromatic rings. The number of carbonyl (C=O) groups excluding carboxylic acids is 1. The minimum Gasteiger partial charge on any atom is -0.466 e. The first-order chi connectivity index (χ1) is 9.69. The normalized spacial score (nSPS) is 22.5. The first-order valence-corrected chi connectivity index (χ1v) is 7.71. The molecule has 0 unspecified atom stereocenters. The van der Waals surface area contributed by atoms with Crippen molar-refractivity contribution in [2.24, 2.45) is 5.92 Å². The second kappa shape index (κ2) is 7.65. The number of ether oxygens (including phenoxy) is 1. The van der Waals surface area contributed by atoms with E-state index < -0.39 is 0 Å². The van der Waals surface area contributed by atoms with Gasteiger partial charge in [-0.2, -0.15) is 0 Å². The van der Waals surface area contributed by atoms with Crippen LogP contribution in [0, 0.1) is 5.92 Å². The van der Waals surface area contributed by atoms with Gasteiger partial charge >= 0.3 is 5.97 Å². The van der Waals surface area contributed by atoms with Gasteiger partial charge in [0.05, 0.1) is 12.5 Å². The zero-order valence-corrected chi connectivity index (χ0v) is 12.7. The summed E-state index contributed by atoms with van der Waals surface area (Å²) in [7, 11) is 0. The fourth-order valence-electron chi connectivity index (χ4n) is 2.66. The summed E-state index contributed by atoms with van der Waals surface area (Å²) in [4.78, 5) is 11.7. The molecule has 0 saturated heterocycles. The molecule has 20 heavy (non-hydrogen) atoms. The smallest absolute Gasteiger partial charge is 0.308 e. The highest BCUT2D eigenvalue weighted by Crippen LogP contribution is 2.25. The maximum Gasteiger partial charge on any atom is 0.308 e. The standard InChI is InChI=1S/C16H22ClNO2/c1-2-20-16(19)13-5-9-15(10-6-13)18-11-12-3-7-14(17)8-4-12/h3-4,7-8,13,15,18H,2,5-6,9-11H2,1H3. The van der Waals surface area contributed by atoms with Crippen LogP contribution in [-0.2, 0) is 16.1 Å². The highest BCUT2D eigenvalue weighted by molar-refractivity contribution is 6.30. The van der Waals surface area contributed by atoms with E-state index in [9.17, 15) is 4.79 Å². The highest BCUT2D eigenvalue weighted by Gasteiger charge is 2.26. The summed E-state index contributed by atoms with van der Waals surface area (Å²) in [5.41, 5.74) is 1.24. The Balaban J connectivity index is 1.72. The van der Waals surface area contributed by atoms with Crippen LogP contribution in [0.3, 0.4) is 0 Å². The molecule has 0 bridgehead atoms. The molecule has 0 heterocycles. The van der Waals surface area contributed by atoms with Crippen LogP contribution in [0.4, 0.5) is 0 Å². The van der Waals surface area contributed by atoms with Crippen molar-refractivity contribution in [2.45, 2.75) is 45.2 Å². The Morgan fingerprint density at radius 3 is 2.50 bits per heavy atom. The van der Waals surface area contributed by atoms with E-state index in [4.69, 9.17) is 16.3 Å². The molecule has 110 valence electrons. The minimum atomic E-state index is -0.0244. The number of halogens is 1. The van der Waals surface area contributed by atoms with Gasteiger partial charge in [0.15, 0.2) is 0 Å². The minimum absolute atomic E-state index is 0.0244. The first kappa shape index (κ1) is 15.3. The maximum atomic E-state index is 11.7. The summed E-state index contributed by atoms with van der Waals surface area (Å²) >= 11 is 5.87. The van der Waals surface area contributed by atoms with E-state index in [-0.39, 0.29) is 11.9 Å². The molecule has 1 aromatic carbocycles. The third-order valence-corrected chi connectivity index (χ3v) is 4.11. The lowest BCUT2D eigenvalue weighted by atomic mass is 9.86. The number of hydrogen-bond acceptors (Lipinski definition) is 3.